The highest BCUT2D eigenvalue weighted by molar-refractivity contribution is 5.74. The third-order valence-corrected chi connectivity index (χ3v) is 5.12. The average molecular weight is 382 g/mol. The molecule has 0 saturated carbocycles. The molecular weight excluding hydrogens is 356 g/mol. The van der Waals surface area contributed by atoms with E-state index < -0.39 is 0 Å². The van der Waals surface area contributed by atoms with E-state index in [1.165, 1.54) is 0 Å². The van der Waals surface area contributed by atoms with E-state index in [1.54, 1.807) is 0 Å². The Morgan fingerprint density at radius 1 is 1.11 bits per heavy atom. The molecule has 1 fully saturated rings. The third kappa shape index (κ3) is 4.35. The second-order valence-corrected chi connectivity index (χ2v) is 7.14. The molecule has 0 unspecified atom stereocenters. The summed E-state index contributed by atoms with van der Waals surface area (Å²) in [5.74, 6) is 2.47. The normalized spacial score (nSPS) is 15.1. The zero-order chi connectivity index (χ0) is 19.3. The molecule has 7 nitrogen and oxygen atoms in total. The number of anilines is 1. The van der Waals surface area contributed by atoms with Gasteiger partial charge in [-0.2, -0.15) is 10.1 Å². The van der Waals surface area contributed by atoms with E-state index in [9.17, 15) is 0 Å². The largest absolute Gasteiger partial charge is 0.494 e. The maximum atomic E-state index is 5.95. The Bertz CT molecular complexity index is 902. The fourth-order valence-electron chi connectivity index (χ4n) is 3.52. The minimum absolute atomic E-state index is 0.305. The Hall–Kier alpha value is -2.83. The Kier molecular flexibility index (Phi) is 5.60. The van der Waals surface area contributed by atoms with Gasteiger partial charge in [0.25, 0.3) is 0 Å². The quantitative estimate of drug-likeness (QED) is 0.611. The van der Waals surface area contributed by atoms with Gasteiger partial charge < -0.3 is 18.8 Å². The molecule has 7 heteroatoms. The summed E-state index contributed by atoms with van der Waals surface area (Å²) in [7, 11) is 0. The maximum absolute atomic E-state index is 5.95. The van der Waals surface area contributed by atoms with Crippen LogP contribution in [0.15, 0.2) is 34.7 Å². The summed E-state index contributed by atoms with van der Waals surface area (Å²) < 4.78 is 16.8. The summed E-state index contributed by atoms with van der Waals surface area (Å²) >= 11 is 0. The zero-order valence-electron chi connectivity index (χ0n) is 16.4. The predicted octanol–water partition coefficient (Wildman–Crippen LogP) is 4.01. The van der Waals surface area contributed by atoms with Crippen LogP contribution in [0.25, 0.3) is 11.1 Å². The number of rotatable bonds is 7. The van der Waals surface area contributed by atoms with Crippen LogP contribution in [0.2, 0.25) is 0 Å². The molecule has 1 aliphatic heterocycles. The first-order valence-corrected chi connectivity index (χ1v) is 9.92. The molecule has 28 heavy (non-hydrogen) atoms. The SMILES string of the molecule is CCOc1nc2cc(OCCC3CCN(c4ccc(C)nn4)CC3)ccc2o1. The van der Waals surface area contributed by atoms with Gasteiger partial charge in [-0.1, -0.05) is 0 Å². The van der Waals surface area contributed by atoms with E-state index in [-0.39, 0.29) is 0 Å². The molecule has 3 heterocycles. The number of aryl methyl sites for hydroxylation is 1. The molecule has 148 valence electrons. The Labute approximate surface area is 164 Å². The molecule has 1 saturated heterocycles. The first kappa shape index (κ1) is 18.5. The van der Waals surface area contributed by atoms with Gasteiger partial charge in [-0.25, -0.2) is 0 Å². The van der Waals surface area contributed by atoms with Crippen LogP contribution < -0.4 is 14.4 Å². The molecular formula is C21H26N4O3. The van der Waals surface area contributed by atoms with Crippen LogP contribution in [0, 0.1) is 12.8 Å². The highest BCUT2D eigenvalue weighted by Crippen LogP contribution is 2.26. The lowest BCUT2D eigenvalue weighted by molar-refractivity contribution is 0.251. The molecule has 0 N–H and O–H groups in total. The minimum Gasteiger partial charge on any atom is -0.494 e. The van der Waals surface area contributed by atoms with E-state index in [0.717, 1.165) is 55.1 Å². The van der Waals surface area contributed by atoms with Crippen LogP contribution >= 0.6 is 0 Å². The monoisotopic (exact) mass is 382 g/mol. The number of piperidine rings is 1. The summed E-state index contributed by atoms with van der Waals surface area (Å²) in [4.78, 5) is 6.64. The van der Waals surface area contributed by atoms with Crippen molar-refractivity contribution in [3.63, 3.8) is 0 Å². The van der Waals surface area contributed by atoms with Gasteiger partial charge in [-0.15, -0.1) is 5.10 Å². The molecule has 1 aromatic carbocycles. The van der Waals surface area contributed by atoms with Crippen molar-refractivity contribution in [2.45, 2.75) is 33.1 Å². The highest BCUT2D eigenvalue weighted by Gasteiger charge is 2.20. The lowest BCUT2D eigenvalue weighted by atomic mass is 9.94. The Morgan fingerprint density at radius 2 is 1.96 bits per heavy atom. The van der Waals surface area contributed by atoms with E-state index in [2.05, 4.69) is 26.1 Å². The fraction of sp³-hybridized carbons (Fsp3) is 0.476. The molecule has 1 aliphatic rings. The molecule has 0 amide bonds. The number of benzene rings is 1. The van der Waals surface area contributed by atoms with Crippen molar-refractivity contribution in [2.24, 2.45) is 5.92 Å². The van der Waals surface area contributed by atoms with Crippen molar-refractivity contribution in [1.82, 2.24) is 15.2 Å². The van der Waals surface area contributed by atoms with Crippen molar-refractivity contribution in [3.05, 3.63) is 36.0 Å². The van der Waals surface area contributed by atoms with Gasteiger partial charge >= 0.3 is 6.08 Å². The molecule has 0 atom stereocenters. The summed E-state index contributed by atoms with van der Waals surface area (Å²) in [6.45, 7) is 7.15. The van der Waals surface area contributed by atoms with Crippen LogP contribution in [-0.2, 0) is 0 Å². The first-order chi connectivity index (χ1) is 13.7. The molecule has 0 radical (unpaired) electrons. The number of fused-ring (bicyclic) bond motifs is 1. The number of hydrogen-bond acceptors (Lipinski definition) is 7. The zero-order valence-corrected chi connectivity index (χ0v) is 16.4. The minimum atomic E-state index is 0.305. The summed E-state index contributed by atoms with van der Waals surface area (Å²) in [5.41, 5.74) is 2.42. The van der Waals surface area contributed by atoms with Gasteiger partial charge in [-0.3, -0.25) is 0 Å². The van der Waals surface area contributed by atoms with E-state index >= 15 is 0 Å². The molecule has 0 aliphatic carbocycles. The molecule has 2 aromatic heterocycles. The van der Waals surface area contributed by atoms with Crippen LogP contribution in [0.3, 0.4) is 0 Å². The standard InChI is InChI=1S/C21H26N4O3/c1-3-26-21-22-18-14-17(5-6-19(18)28-21)27-13-10-16-8-11-25(12-9-16)20-7-4-15(2)23-24-20/h4-7,14,16H,3,8-13H2,1-2H3. The van der Waals surface area contributed by atoms with Crippen molar-refractivity contribution in [2.75, 3.05) is 31.2 Å². The second kappa shape index (κ2) is 8.46. The lowest BCUT2D eigenvalue weighted by Crippen LogP contribution is -2.34. The molecule has 3 aromatic rings. The molecule has 4 rings (SSSR count). The molecule has 0 spiro atoms. The van der Waals surface area contributed by atoms with Gasteiger partial charge in [-0.05, 0) is 63.3 Å². The molecule has 0 bridgehead atoms. The van der Waals surface area contributed by atoms with Gasteiger partial charge in [0.2, 0.25) is 0 Å². The third-order valence-electron chi connectivity index (χ3n) is 5.12. The number of nitrogens with zero attached hydrogens (tertiary/aromatic N) is 4. The van der Waals surface area contributed by atoms with Crippen molar-refractivity contribution >= 4 is 16.9 Å². The summed E-state index contributed by atoms with van der Waals surface area (Å²) in [6.07, 6.45) is 3.66. The summed E-state index contributed by atoms with van der Waals surface area (Å²) in [5, 5.41) is 8.45. The number of ether oxygens (including phenoxy) is 2. The average Bonchev–Trinajstić information content (AvgIpc) is 3.11. The van der Waals surface area contributed by atoms with E-state index in [4.69, 9.17) is 13.9 Å². The Balaban J connectivity index is 1.24. The number of hydrogen-bond donors (Lipinski definition) is 0. The highest BCUT2D eigenvalue weighted by atomic mass is 16.6. The van der Waals surface area contributed by atoms with Gasteiger partial charge in [0.15, 0.2) is 11.4 Å². The van der Waals surface area contributed by atoms with Crippen molar-refractivity contribution in [3.8, 4) is 11.8 Å². The van der Waals surface area contributed by atoms with Crippen LogP contribution in [0.1, 0.15) is 31.9 Å². The van der Waals surface area contributed by atoms with Gasteiger partial charge in [0.1, 0.15) is 11.3 Å². The summed E-state index contributed by atoms with van der Waals surface area (Å²) in [6, 6.07) is 9.78. The number of oxazole rings is 1. The van der Waals surface area contributed by atoms with Crippen LogP contribution in [0.5, 0.6) is 11.8 Å². The topological polar surface area (TPSA) is 73.5 Å². The van der Waals surface area contributed by atoms with E-state index in [1.807, 2.05) is 38.1 Å². The lowest BCUT2D eigenvalue weighted by Gasteiger charge is -2.32. The van der Waals surface area contributed by atoms with Crippen LogP contribution in [-0.4, -0.2) is 41.5 Å². The smallest absolute Gasteiger partial charge is 0.394 e. The first-order valence-electron chi connectivity index (χ1n) is 9.92. The van der Waals surface area contributed by atoms with Crippen molar-refractivity contribution in [1.29, 1.82) is 0 Å². The number of aromatic nitrogens is 3. The fourth-order valence-corrected chi connectivity index (χ4v) is 3.52. The maximum Gasteiger partial charge on any atom is 0.394 e. The van der Waals surface area contributed by atoms with Gasteiger partial charge in [0, 0.05) is 19.2 Å². The van der Waals surface area contributed by atoms with E-state index in [0.29, 0.717) is 30.8 Å². The predicted molar refractivity (Wildman–Crippen MR) is 107 cm³/mol. The Morgan fingerprint density at radius 3 is 2.71 bits per heavy atom. The van der Waals surface area contributed by atoms with Crippen molar-refractivity contribution < 1.29 is 13.9 Å². The second-order valence-electron chi connectivity index (χ2n) is 7.14. The van der Waals surface area contributed by atoms with Crippen LogP contribution in [0.4, 0.5) is 5.82 Å². The van der Waals surface area contributed by atoms with Gasteiger partial charge in [0.05, 0.1) is 18.9 Å².